The molecular weight excluding hydrogens is 237 g/mol. The van der Waals surface area contributed by atoms with Crippen LogP contribution in [0.3, 0.4) is 0 Å². The average molecular weight is 263 g/mol. The number of nitrogens with one attached hydrogen (secondary N) is 1. The van der Waals surface area contributed by atoms with Crippen molar-refractivity contribution in [2.24, 2.45) is 11.8 Å². The van der Waals surface area contributed by atoms with E-state index < -0.39 is 0 Å². The van der Waals surface area contributed by atoms with Gasteiger partial charge in [0, 0.05) is 6.04 Å². The van der Waals surface area contributed by atoms with Gasteiger partial charge in [0.15, 0.2) is 0 Å². The van der Waals surface area contributed by atoms with Gasteiger partial charge in [0.1, 0.15) is 5.82 Å². The lowest BCUT2D eigenvalue weighted by Gasteiger charge is -2.36. The molecule has 1 fully saturated rings. The van der Waals surface area contributed by atoms with Crippen molar-refractivity contribution < 1.29 is 4.39 Å². The van der Waals surface area contributed by atoms with E-state index in [1.807, 2.05) is 19.2 Å². The van der Waals surface area contributed by atoms with E-state index in [4.69, 9.17) is 0 Å². The van der Waals surface area contributed by atoms with E-state index in [1.54, 1.807) is 12.1 Å². The number of benzene rings is 1. The molecule has 3 unspecified atom stereocenters. The second kappa shape index (κ2) is 7.04. The zero-order chi connectivity index (χ0) is 13.7. The third kappa shape index (κ3) is 3.79. The topological polar surface area (TPSA) is 12.0 Å². The van der Waals surface area contributed by atoms with E-state index in [9.17, 15) is 4.39 Å². The maximum absolute atomic E-state index is 13.8. The number of hydrogen-bond acceptors (Lipinski definition) is 1. The van der Waals surface area contributed by atoms with Gasteiger partial charge in [0.05, 0.1) is 0 Å². The molecule has 19 heavy (non-hydrogen) atoms. The van der Waals surface area contributed by atoms with E-state index in [-0.39, 0.29) is 5.82 Å². The molecule has 0 amide bonds. The molecular formula is C17H26FN. The van der Waals surface area contributed by atoms with E-state index in [0.717, 1.165) is 17.9 Å². The van der Waals surface area contributed by atoms with Gasteiger partial charge in [-0.2, -0.15) is 0 Å². The molecule has 1 aliphatic carbocycles. The van der Waals surface area contributed by atoms with Gasteiger partial charge in [-0.25, -0.2) is 4.39 Å². The molecule has 0 saturated heterocycles. The first-order valence-electron chi connectivity index (χ1n) is 7.65. The van der Waals surface area contributed by atoms with Crippen LogP contribution in [0.1, 0.15) is 44.6 Å². The Hall–Kier alpha value is -0.890. The summed E-state index contributed by atoms with van der Waals surface area (Å²) < 4.78 is 13.8. The molecule has 0 aliphatic heterocycles. The third-order valence-electron chi connectivity index (χ3n) is 4.60. The Bertz CT molecular complexity index is 391. The van der Waals surface area contributed by atoms with Crippen LogP contribution >= 0.6 is 0 Å². The Kier molecular flexibility index (Phi) is 5.38. The molecule has 1 aromatic rings. The molecule has 2 rings (SSSR count). The SMILES string of the molecule is CCCC1CCC(NC)C(Cc2ccccc2F)C1. The molecule has 106 valence electrons. The summed E-state index contributed by atoms with van der Waals surface area (Å²) in [5, 5.41) is 3.43. The smallest absolute Gasteiger partial charge is 0.126 e. The van der Waals surface area contributed by atoms with Gasteiger partial charge in [-0.3, -0.25) is 0 Å². The van der Waals surface area contributed by atoms with Crippen molar-refractivity contribution in [1.82, 2.24) is 5.32 Å². The first-order valence-corrected chi connectivity index (χ1v) is 7.65. The van der Waals surface area contributed by atoms with Crippen LogP contribution < -0.4 is 5.32 Å². The molecule has 1 saturated carbocycles. The van der Waals surface area contributed by atoms with Crippen LogP contribution in [0.5, 0.6) is 0 Å². The fraction of sp³-hybridized carbons (Fsp3) is 0.647. The highest BCUT2D eigenvalue weighted by atomic mass is 19.1. The maximum Gasteiger partial charge on any atom is 0.126 e. The highest BCUT2D eigenvalue weighted by Gasteiger charge is 2.29. The fourth-order valence-corrected chi connectivity index (χ4v) is 3.58. The largest absolute Gasteiger partial charge is 0.317 e. The van der Waals surface area contributed by atoms with Crippen LogP contribution in [0, 0.1) is 17.7 Å². The first kappa shape index (κ1) is 14.5. The predicted molar refractivity (Wildman–Crippen MR) is 78.7 cm³/mol. The van der Waals surface area contributed by atoms with Gasteiger partial charge in [0.2, 0.25) is 0 Å². The summed E-state index contributed by atoms with van der Waals surface area (Å²) in [5.41, 5.74) is 0.880. The lowest BCUT2D eigenvalue weighted by atomic mass is 9.74. The van der Waals surface area contributed by atoms with Crippen molar-refractivity contribution in [3.63, 3.8) is 0 Å². The third-order valence-corrected chi connectivity index (χ3v) is 4.60. The molecule has 3 atom stereocenters. The quantitative estimate of drug-likeness (QED) is 0.840. The van der Waals surface area contributed by atoms with Crippen molar-refractivity contribution in [1.29, 1.82) is 0 Å². The lowest BCUT2D eigenvalue weighted by molar-refractivity contribution is 0.199. The summed E-state index contributed by atoms with van der Waals surface area (Å²) in [4.78, 5) is 0. The molecule has 1 nitrogen and oxygen atoms in total. The zero-order valence-electron chi connectivity index (χ0n) is 12.2. The maximum atomic E-state index is 13.8. The Labute approximate surface area is 116 Å². The van der Waals surface area contributed by atoms with Crippen LogP contribution in [0.4, 0.5) is 4.39 Å². The second-order valence-electron chi connectivity index (χ2n) is 5.92. The second-order valence-corrected chi connectivity index (χ2v) is 5.92. The molecule has 0 heterocycles. The highest BCUT2D eigenvalue weighted by molar-refractivity contribution is 5.18. The molecule has 2 heteroatoms. The number of halogens is 1. The standard InChI is InChI=1S/C17H26FN/c1-3-6-13-9-10-17(19-2)15(11-13)12-14-7-4-5-8-16(14)18/h4-5,7-8,13,15,17,19H,3,6,9-12H2,1-2H3. The van der Waals surface area contributed by atoms with Crippen molar-refractivity contribution in [2.45, 2.75) is 51.5 Å². The Balaban J connectivity index is 2.04. The average Bonchev–Trinajstić information content (AvgIpc) is 2.42. The summed E-state index contributed by atoms with van der Waals surface area (Å²) in [5.74, 6) is 1.37. The van der Waals surface area contributed by atoms with Crippen molar-refractivity contribution >= 4 is 0 Å². The Morgan fingerprint density at radius 3 is 2.74 bits per heavy atom. The number of rotatable bonds is 5. The van der Waals surface area contributed by atoms with Crippen LogP contribution in [-0.4, -0.2) is 13.1 Å². The lowest BCUT2D eigenvalue weighted by Crippen LogP contribution is -2.39. The normalized spacial score (nSPS) is 27.4. The summed E-state index contributed by atoms with van der Waals surface area (Å²) in [6.45, 7) is 2.26. The molecule has 0 spiro atoms. The Morgan fingerprint density at radius 2 is 2.05 bits per heavy atom. The minimum absolute atomic E-state index is 0.0463. The fourth-order valence-electron chi connectivity index (χ4n) is 3.58. The molecule has 0 radical (unpaired) electrons. The monoisotopic (exact) mass is 263 g/mol. The molecule has 1 aliphatic rings. The van der Waals surface area contributed by atoms with Gasteiger partial charge in [-0.05, 0) is 56.2 Å². The summed E-state index contributed by atoms with van der Waals surface area (Å²) in [6.07, 6.45) is 7.27. The minimum atomic E-state index is -0.0463. The van der Waals surface area contributed by atoms with E-state index >= 15 is 0 Å². The van der Waals surface area contributed by atoms with E-state index in [2.05, 4.69) is 12.2 Å². The predicted octanol–water partition coefficient (Wildman–Crippen LogP) is 4.17. The minimum Gasteiger partial charge on any atom is -0.317 e. The van der Waals surface area contributed by atoms with Crippen LogP contribution in [0.2, 0.25) is 0 Å². The van der Waals surface area contributed by atoms with E-state index in [0.29, 0.717) is 12.0 Å². The zero-order valence-corrected chi connectivity index (χ0v) is 12.2. The summed E-state index contributed by atoms with van der Waals surface area (Å²) >= 11 is 0. The van der Waals surface area contributed by atoms with Crippen LogP contribution in [0.15, 0.2) is 24.3 Å². The van der Waals surface area contributed by atoms with Crippen LogP contribution in [0.25, 0.3) is 0 Å². The van der Waals surface area contributed by atoms with Gasteiger partial charge in [0.25, 0.3) is 0 Å². The molecule has 0 bridgehead atoms. The van der Waals surface area contributed by atoms with Crippen molar-refractivity contribution in [2.75, 3.05) is 7.05 Å². The summed E-state index contributed by atoms with van der Waals surface area (Å²) in [6, 6.07) is 7.78. The Morgan fingerprint density at radius 1 is 1.26 bits per heavy atom. The van der Waals surface area contributed by atoms with Gasteiger partial charge < -0.3 is 5.32 Å². The van der Waals surface area contributed by atoms with Gasteiger partial charge in [-0.1, -0.05) is 38.0 Å². The van der Waals surface area contributed by atoms with Gasteiger partial charge >= 0.3 is 0 Å². The van der Waals surface area contributed by atoms with Crippen LogP contribution in [-0.2, 0) is 6.42 Å². The number of hydrogen-bond donors (Lipinski definition) is 1. The van der Waals surface area contributed by atoms with Crippen molar-refractivity contribution in [3.05, 3.63) is 35.6 Å². The van der Waals surface area contributed by atoms with Crippen molar-refractivity contribution in [3.8, 4) is 0 Å². The molecule has 1 N–H and O–H groups in total. The molecule has 0 aromatic heterocycles. The first-order chi connectivity index (χ1) is 9.24. The molecule has 1 aromatic carbocycles. The summed E-state index contributed by atoms with van der Waals surface area (Å²) in [7, 11) is 2.04. The van der Waals surface area contributed by atoms with E-state index in [1.165, 1.54) is 32.1 Å². The highest BCUT2D eigenvalue weighted by Crippen LogP contribution is 2.34. The van der Waals surface area contributed by atoms with Gasteiger partial charge in [-0.15, -0.1) is 0 Å².